The molecular formula is C40H76Ca2O8. The van der Waals surface area contributed by atoms with E-state index in [-0.39, 0.29) is 101 Å². The number of carbonyl (C=O) groups excluding carboxylic acids is 4. The van der Waals surface area contributed by atoms with E-state index in [4.69, 9.17) is 0 Å². The van der Waals surface area contributed by atoms with Crippen LogP contribution in [0.2, 0.25) is 0 Å². The van der Waals surface area contributed by atoms with Crippen molar-refractivity contribution in [2.24, 2.45) is 0 Å². The molecule has 0 amide bonds. The summed E-state index contributed by atoms with van der Waals surface area (Å²) in [5.41, 5.74) is 0. The van der Waals surface area contributed by atoms with E-state index in [9.17, 15) is 39.6 Å². The Hall–Kier alpha value is 0.399. The van der Waals surface area contributed by atoms with Gasteiger partial charge in [0.15, 0.2) is 0 Å². The van der Waals surface area contributed by atoms with Gasteiger partial charge in [0.1, 0.15) is 0 Å². The van der Waals surface area contributed by atoms with Gasteiger partial charge < -0.3 is 39.6 Å². The number of unbranched alkanes of at least 4 members (excludes halogenated alkanes) is 24. The first-order valence-corrected chi connectivity index (χ1v) is 19.9. The second-order valence-electron chi connectivity index (χ2n) is 13.0. The Morgan fingerprint density at radius 1 is 0.260 bits per heavy atom. The van der Waals surface area contributed by atoms with Crippen LogP contribution in [0.15, 0.2) is 0 Å². The van der Waals surface area contributed by atoms with Gasteiger partial charge in [0, 0.05) is 23.9 Å². The molecule has 0 aromatic carbocycles. The predicted molar refractivity (Wildman–Crippen MR) is 202 cm³/mol. The Labute approximate surface area is 368 Å². The van der Waals surface area contributed by atoms with Gasteiger partial charge in [-0.2, -0.15) is 0 Å². The molecule has 0 aliphatic carbocycles. The molecule has 0 aliphatic heterocycles. The number of rotatable bonds is 32. The van der Waals surface area contributed by atoms with E-state index in [1.54, 1.807) is 0 Å². The predicted octanol–water partition coefficient (Wildman–Crippen LogP) is 6.75. The molecule has 0 fully saturated rings. The van der Waals surface area contributed by atoms with Gasteiger partial charge in [-0.25, -0.2) is 0 Å². The number of aliphatic carboxylic acids is 4. The molecule has 0 aromatic rings. The number of carboxylic acids is 4. The Morgan fingerprint density at radius 3 is 0.500 bits per heavy atom. The maximum Gasteiger partial charge on any atom is 2.00 e. The van der Waals surface area contributed by atoms with E-state index in [1.807, 2.05) is 0 Å². The summed E-state index contributed by atoms with van der Waals surface area (Å²) >= 11 is 0. The molecule has 0 radical (unpaired) electrons. The normalized spacial score (nSPS) is 9.68. The van der Waals surface area contributed by atoms with Crippen LogP contribution in [-0.2, 0) is 19.2 Å². The number of carbonyl (C=O) groups is 4. The topological polar surface area (TPSA) is 161 Å². The minimum absolute atomic E-state index is 0. The van der Waals surface area contributed by atoms with Crippen LogP contribution in [0.3, 0.4) is 0 Å². The van der Waals surface area contributed by atoms with Crippen molar-refractivity contribution in [1.29, 1.82) is 0 Å². The van der Waals surface area contributed by atoms with Gasteiger partial charge in [-0.05, 0) is 51.4 Å². The van der Waals surface area contributed by atoms with Gasteiger partial charge in [0.25, 0.3) is 0 Å². The van der Waals surface area contributed by atoms with Crippen molar-refractivity contribution in [3.8, 4) is 0 Å². The molecular weight excluding hydrogens is 689 g/mol. The summed E-state index contributed by atoms with van der Waals surface area (Å²) in [6, 6.07) is 0. The molecule has 0 atom stereocenters. The molecule has 0 unspecified atom stereocenters. The van der Waals surface area contributed by atoms with E-state index < -0.39 is 23.9 Å². The van der Waals surface area contributed by atoms with Crippen LogP contribution in [-0.4, -0.2) is 99.4 Å². The summed E-state index contributed by atoms with van der Waals surface area (Å²) in [4.78, 5) is 40.1. The largest absolute Gasteiger partial charge is 2.00 e. The molecule has 0 aromatic heterocycles. The number of hydrogen-bond acceptors (Lipinski definition) is 8. The average molecular weight is 765 g/mol. The van der Waals surface area contributed by atoms with Gasteiger partial charge in [0.2, 0.25) is 0 Å². The fourth-order valence-corrected chi connectivity index (χ4v) is 4.91. The van der Waals surface area contributed by atoms with Gasteiger partial charge in [-0.15, -0.1) is 0 Å². The zero-order valence-electron chi connectivity index (χ0n) is 33.3. The van der Waals surface area contributed by atoms with E-state index in [2.05, 4.69) is 27.7 Å². The fourth-order valence-electron chi connectivity index (χ4n) is 4.91. The minimum atomic E-state index is -0.913. The quantitative estimate of drug-likeness (QED) is 0.0537. The third kappa shape index (κ3) is 82.1. The van der Waals surface area contributed by atoms with Crippen molar-refractivity contribution in [1.82, 2.24) is 0 Å². The first kappa shape index (κ1) is 62.4. The van der Waals surface area contributed by atoms with Gasteiger partial charge >= 0.3 is 75.5 Å². The number of hydrogen-bond donors (Lipinski definition) is 0. The smallest absolute Gasteiger partial charge is 0.550 e. The zero-order chi connectivity index (χ0) is 36.9. The van der Waals surface area contributed by atoms with E-state index >= 15 is 0 Å². The summed E-state index contributed by atoms with van der Waals surface area (Å²) < 4.78 is 0. The van der Waals surface area contributed by atoms with Crippen LogP contribution in [0.1, 0.15) is 233 Å². The summed E-state index contributed by atoms with van der Waals surface area (Å²) in [5, 5.41) is 40.1. The van der Waals surface area contributed by atoms with Crippen molar-refractivity contribution >= 4 is 99.4 Å². The van der Waals surface area contributed by atoms with Crippen molar-refractivity contribution in [3.63, 3.8) is 0 Å². The Balaban J connectivity index is -0.000000127. The Morgan fingerprint density at radius 2 is 0.380 bits per heavy atom. The average Bonchev–Trinajstić information content (AvgIpc) is 3.03. The summed E-state index contributed by atoms with van der Waals surface area (Å²) in [5.74, 6) is -3.65. The molecule has 0 bridgehead atoms. The molecule has 288 valence electrons. The molecule has 0 spiro atoms. The number of carboxylic acid groups (broad SMARTS) is 4. The summed E-state index contributed by atoms with van der Waals surface area (Å²) in [6.45, 7) is 8.76. The van der Waals surface area contributed by atoms with Crippen molar-refractivity contribution in [2.75, 3.05) is 0 Å². The van der Waals surface area contributed by atoms with Crippen LogP contribution in [0.5, 0.6) is 0 Å². The van der Waals surface area contributed by atoms with Crippen LogP contribution < -0.4 is 20.4 Å². The summed E-state index contributed by atoms with van der Waals surface area (Å²) in [7, 11) is 0. The monoisotopic (exact) mass is 764 g/mol. The molecule has 0 N–H and O–H groups in total. The van der Waals surface area contributed by atoms with Gasteiger partial charge in [-0.3, -0.25) is 0 Å². The second-order valence-corrected chi connectivity index (χ2v) is 13.0. The van der Waals surface area contributed by atoms with Gasteiger partial charge in [0.05, 0.1) is 0 Å². The molecule has 8 nitrogen and oxygen atoms in total. The fraction of sp³-hybridized carbons (Fsp3) is 0.900. The molecule has 10 heteroatoms. The second kappa shape index (κ2) is 58.7. The Bertz CT molecular complexity index is 566. The van der Waals surface area contributed by atoms with E-state index in [0.717, 1.165) is 51.4 Å². The van der Waals surface area contributed by atoms with Crippen LogP contribution in [0, 0.1) is 0 Å². The minimum Gasteiger partial charge on any atom is -0.550 e. The van der Waals surface area contributed by atoms with Crippen molar-refractivity contribution in [2.45, 2.75) is 233 Å². The molecule has 0 rings (SSSR count). The van der Waals surface area contributed by atoms with Crippen LogP contribution in [0.4, 0.5) is 0 Å². The molecule has 0 saturated carbocycles. The van der Waals surface area contributed by atoms with Crippen LogP contribution in [0.25, 0.3) is 0 Å². The maximum absolute atomic E-state index is 10.0. The van der Waals surface area contributed by atoms with Crippen molar-refractivity contribution in [3.05, 3.63) is 0 Å². The molecule has 0 heterocycles. The molecule has 0 aliphatic rings. The molecule has 50 heavy (non-hydrogen) atoms. The standard InChI is InChI=1S/4C10H20O2.2Ca/c4*1-2-3-4-5-6-7-8-9-10(11)12;;/h4*2-9H2,1H3,(H,11,12);;/q;;;;2*+2/p-4. The van der Waals surface area contributed by atoms with Gasteiger partial charge in [-0.1, -0.05) is 182 Å². The van der Waals surface area contributed by atoms with E-state index in [0.29, 0.717) is 0 Å². The van der Waals surface area contributed by atoms with Crippen LogP contribution >= 0.6 is 0 Å². The Kier molecular flexibility index (Phi) is 73.2. The maximum atomic E-state index is 10.0. The third-order valence-corrected chi connectivity index (χ3v) is 7.94. The first-order valence-electron chi connectivity index (χ1n) is 19.9. The van der Waals surface area contributed by atoms with Crippen molar-refractivity contribution < 1.29 is 39.6 Å². The summed E-state index contributed by atoms with van der Waals surface area (Å²) in [6.07, 6.45) is 33.4. The zero-order valence-corrected chi connectivity index (χ0v) is 37.7. The SMILES string of the molecule is CCCCCCCCCC(=O)[O-].CCCCCCCCCC(=O)[O-].CCCCCCCCCC(=O)[O-].CCCCCCCCCC(=O)[O-].[Ca+2].[Ca+2]. The van der Waals surface area contributed by atoms with E-state index in [1.165, 1.54) is 128 Å². The first-order chi connectivity index (χ1) is 23.1. The third-order valence-electron chi connectivity index (χ3n) is 7.94. The molecule has 0 saturated heterocycles.